The topological polar surface area (TPSA) is 78.9 Å². The van der Waals surface area contributed by atoms with Crippen LogP contribution in [0.15, 0.2) is 60.9 Å². The monoisotopic (exact) mass is 387 g/mol. The van der Waals surface area contributed by atoms with Gasteiger partial charge in [-0.3, -0.25) is 4.79 Å². The summed E-state index contributed by atoms with van der Waals surface area (Å²) in [5.41, 5.74) is 0.456. The zero-order valence-corrected chi connectivity index (χ0v) is 14.7. The van der Waals surface area contributed by atoms with Gasteiger partial charge in [0.2, 0.25) is 5.91 Å². The Balaban J connectivity index is 1.76. The Hall–Kier alpha value is -3.62. The lowest BCUT2D eigenvalue weighted by Crippen LogP contribution is -2.09. The molecule has 0 unspecified atom stereocenters. The number of halogens is 3. The molecule has 1 amide bonds. The minimum atomic E-state index is -4.48. The molecule has 0 aliphatic rings. The predicted octanol–water partition coefficient (Wildman–Crippen LogP) is 4.94. The second-order valence-corrected chi connectivity index (χ2v) is 5.84. The highest BCUT2D eigenvalue weighted by Crippen LogP contribution is 2.35. The van der Waals surface area contributed by atoms with Crippen molar-refractivity contribution in [2.45, 2.75) is 13.1 Å². The number of para-hydroxylation sites is 1. The van der Waals surface area contributed by atoms with E-state index in [1.165, 1.54) is 37.5 Å². The number of amides is 1. The molecule has 28 heavy (non-hydrogen) atoms. The van der Waals surface area contributed by atoms with Gasteiger partial charge in [-0.15, -0.1) is 0 Å². The van der Waals surface area contributed by atoms with Gasteiger partial charge < -0.3 is 16.0 Å². The highest BCUT2D eigenvalue weighted by molar-refractivity contribution is 5.88. The summed E-state index contributed by atoms with van der Waals surface area (Å²) in [4.78, 5) is 19.1. The van der Waals surface area contributed by atoms with Gasteiger partial charge in [-0.2, -0.15) is 13.2 Å². The second kappa shape index (κ2) is 7.95. The molecule has 0 atom stereocenters. The Kier molecular flexibility index (Phi) is 5.44. The number of carbonyl (C=O) groups is 1. The van der Waals surface area contributed by atoms with Crippen molar-refractivity contribution in [2.75, 3.05) is 16.0 Å². The average molecular weight is 387 g/mol. The smallest absolute Gasteiger partial charge is 0.340 e. The third-order valence-corrected chi connectivity index (χ3v) is 3.64. The zero-order chi connectivity index (χ0) is 20.1. The van der Waals surface area contributed by atoms with Crippen LogP contribution in [0.5, 0.6) is 0 Å². The predicted molar refractivity (Wildman–Crippen MR) is 101 cm³/mol. The van der Waals surface area contributed by atoms with E-state index in [2.05, 4.69) is 25.9 Å². The summed E-state index contributed by atoms with van der Waals surface area (Å²) >= 11 is 0. The fourth-order valence-corrected chi connectivity index (χ4v) is 2.46. The largest absolute Gasteiger partial charge is 0.418 e. The number of hydrogen-bond donors (Lipinski definition) is 3. The first-order valence-corrected chi connectivity index (χ1v) is 8.21. The Morgan fingerprint density at radius 1 is 0.893 bits per heavy atom. The quantitative estimate of drug-likeness (QED) is 0.578. The molecule has 0 radical (unpaired) electrons. The van der Waals surface area contributed by atoms with Gasteiger partial charge >= 0.3 is 6.18 Å². The Morgan fingerprint density at radius 2 is 1.50 bits per heavy atom. The fraction of sp³-hybridized carbons (Fsp3) is 0.105. The van der Waals surface area contributed by atoms with Crippen LogP contribution >= 0.6 is 0 Å². The molecule has 0 spiro atoms. The zero-order valence-electron chi connectivity index (χ0n) is 14.7. The van der Waals surface area contributed by atoms with Crippen molar-refractivity contribution >= 4 is 34.6 Å². The molecule has 144 valence electrons. The van der Waals surface area contributed by atoms with Gasteiger partial charge in [0.05, 0.1) is 11.3 Å². The van der Waals surface area contributed by atoms with Crippen LogP contribution in [-0.2, 0) is 11.0 Å². The SMILES string of the molecule is CC(=O)Nc1ccc(Nc2cc(Nc3ccccc3C(F)(F)F)ncn2)cc1. The maximum atomic E-state index is 13.1. The molecule has 6 nitrogen and oxygen atoms in total. The van der Waals surface area contributed by atoms with E-state index in [0.29, 0.717) is 17.2 Å². The van der Waals surface area contributed by atoms with E-state index in [1.807, 2.05) is 0 Å². The lowest BCUT2D eigenvalue weighted by Gasteiger charge is -2.14. The fourth-order valence-electron chi connectivity index (χ4n) is 2.46. The minimum absolute atomic E-state index is 0.0979. The van der Waals surface area contributed by atoms with Crippen molar-refractivity contribution in [3.8, 4) is 0 Å². The first kappa shape index (κ1) is 19.2. The summed E-state index contributed by atoms with van der Waals surface area (Å²) in [5.74, 6) is 0.435. The van der Waals surface area contributed by atoms with Crippen molar-refractivity contribution < 1.29 is 18.0 Å². The van der Waals surface area contributed by atoms with Gasteiger partial charge in [0.15, 0.2) is 0 Å². The van der Waals surface area contributed by atoms with Gasteiger partial charge in [-0.05, 0) is 36.4 Å². The first-order valence-electron chi connectivity index (χ1n) is 8.21. The van der Waals surface area contributed by atoms with E-state index >= 15 is 0 Å². The Labute approximate surface area is 158 Å². The van der Waals surface area contributed by atoms with Crippen LogP contribution in [0.3, 0.4) is 0 Å². The number of nitrogens with zero attached hydrogens (tertiary/aromatic N) is 2. The Morgan fingerprint density at radius 3 is 2.14 bits per heavy atom. The highest BCUT2D eigenvalue weighted by atomic mass is 19.4. The second-order valence-electron chi connectivity index (χ2n) is 5.84. The van der Waals surface area contributed by atoms with Crippen LogP contribution in [0.1, 0.15) is 12.5 Å². The lowest BCUT2D eigenvalue weighted by atomic mass is 10.1. The molecule has 0 saturated heterocycles. The molecular weight excluding hydrogens is 371 g/mol. The van der Waals surface area contributed by atoms with E-state index in [9.17, 15) is 18.0 Å². The van der Waals surface area contributed by atoms with E-state index in [4.69, 9.17) is 0 Å². The first-order chi connectivity index (χ1) is 13.3. The standard InChI is InChI=1S/C19H16F3N5O/c1-12(28)25-13-6-8-14(9-7-13)26-17-10-18(24-11-23-17)27-16-5-3-2-4-15(16)19(20,21)22/h2-11H,1H3,(H,25,28)(H2,23,24,26,27). The minimum Gasteiger partial charge on any atom is -0.340 e. The van der Waals surface area contributed by atoms with Gasteiger partial charge in [-0.1, -0.05) is 12.1 Å². The summed E-state index contributed by atoms with van der Waals surface area (Å²) in [7, 11) is 0. The van der Waals surface area contributed by atoms with Crippen molar-refractivity contribution in [1.82, 2.24) is 9.97 Å². The number of anilines is 5. The number of alkyl halides is 3. The molecule has 1 heterocycles. The van der Waals surface area contributed by atoms with Crippen LogP contribution in [0.2, 0.25) is 0 Å². The van der Waals surface area contributed by atoms with E-state index in [1.54, 1.807) is 24.3 Å². The van der Waals surface area contributed by atoms with Crippen LogP contribution in [0.4, 0.5) is 41.9 Å². The molecule has 0 fully saturated rings. The molecular formula is C19H16F3N5O. The summed E-state index contributed by atoms with van der Waals surface area (Å²) in [5, 5.41) is 8.36. The number of nitrogens with one attached hydrogen (secondary N) is 3. The number of benzene rings is 2. The van der Waals surface area contributed by atoms with Crippen LogP contribution in [-0.4, -0.2) is 15.9 Å². The number of rotatable bonds is 5. The maximum Gasteiger partial charge on any atom is 0.418 e. The Bertz CT molecular complexity index is 974. The van der Waals surface area contributed by atoms with Gasteiger partial charge in [0.1, 0.15) is 18.0 Å². The normalized spacial score (nSPS) is 11.0. The van der Waals surface area contributed by atoms with Crippen LogP contribution in [0, 0.1) is 0 Å². The number of hydrogen-bond acceptors (Lipinski definition) is 5. The van der Waals surface area contributed by atoms with Crippen molar-refractivity contribution in [3.05, 3.63) is 66.5 Å². The van der Waals surface area contributed by atoms with Crippen molar-refractivity contribution in [3.63, 3.8) is 0 Å². The molecule has 0 saturated carbocycles. The molecule has 3 N–H and O–H groups in total. The summed E-state index contributed by atoms with van der Waals surface area (Å²) in [6, 6.07) is 13.6. The molecule has 3 rings (SSSR count). The van der Waals surface area contributed by atoms with Crippen molar-refractivity contribution in [2.24, 2.45) is 0 Å². The molecule has 1 aromatic heterocycles. The van der Waals surface area contributed by atoms with Crippen LogP contribution in [0.25, 0.3) is 0 Å². The molecule has 0 bridgehead atoms. The third-order valence-electron chi connectivity index (χ3n) is 3.64. The summed E-state index contributed by atoms with van der Waals surface area (Å²) < 4.78 is 39.4. The molecule has 3 aromatic rings. The van der Waals surface area contributed by atoms with E-state index in [-0.39, 0.29) is 17.4 Å². The molecule has 2 aromatic carbocycles. The van der Waals surface area contributed by atoms with Crippen molar-refractivity contribution in [1.29, 1.82) is 0 Å². The number of aromatic nitrogens is 2. The molecule has 0 aliphatic heterocycles. The van der Waals surface area contributed by atoms with Gasteiger partial charge in [-0.25, -0.2) is 9.97 Å². The summed E-state index contributed by atoms with van der Waals surface area (Å²) in [6.45, 7) is 1.42. The maximum absolute atomic E-state index is 13.1. The third kappa shape index (κ3) is 4.97. The number of carbonyl (C=O) groups excluding carboxylic acids is 1. The summed E-state index contributed by atoms with van der Waals surface area (Å²) in [6.07, 6.45) is -3.24. The van der Waals surface area contributed by atoms with E-state index in [0.717, 1.165) is 6.07 Å². The van der Waals surface area contributed by atoms with Crippen LogP contribution < -0.4 is 16.0 Å². The average Bonchev–Trinajstić information content (AvgIpc) is 2.63. The lowest BCUT2D eigenvalue weighted by molar-refractivity contribution is -0.136. The molecule has 9 heteroatoms. The molecule has 0 aliphatic carbocycles. The van der Waals surface area contributed by atoms with E-state index < -0.39 is 11.7 Å². The highest BCUT2D eigenvalue weighted by Gasteiger charge is 2.33. The van der Waals surface area contributed by atoms with Gasteiger partial charge in [0, 0.05) is 24.4 Å². The van der Waals surface area contributed by atoms with Gasteiger partial charge in [0.25, 0.3) is 0 Å².